The molecular formula is C28H26N2OS2. The van der Waals surface area contributed by atoms with Gasteiger partial charge in [-0.15, -0.1) is 11.8 Å². The van der Waals surface area contributed by atoms with E-state index in [9.17, 15) is 4.79 Å². The van der Waals surface area contributed by atoms with E-state index in [1.165, 1.54) is 10.5 Å². The van der Waals surface area contributed by atoms with Crippen LogP contribution < -0.4 is 10.6 Å². The Hall–Kier alpha value is -3.28. The van der Waals surface area contributed by atoms with Crippen LogP contribution in [0.5, 0.6) is 0 Å². The fourth-order valence-corrected chi connectivity index (χ4v) is 4.64. The predicted molar refractivity (Wildman–Crippen MR) is 144 cm³/mol. The molecule has 0 radical (unpaired) electrons. The molecule has 0 unspecified atom stereocenters. The molecule has 0 atom stereocenters. The fourth-order valence-electron chi connectivity index (χ4n) is 3.57. The number of anilines is 2. The minimum absolute atomic E-state index is 0.0826. The van der Waals surface area contributed by atoms with Crippen LogP contribution in [0, 0.1) is 6.92 Å². The molecule has 0 fully saturated rings. The molecule has 2 N–H and O–H groups in total. The van der Waals surface area contributed by atoms with E-state index in [0.29, 0.717) is 23.5 Å². The molecule has 166 valence electrons. The zero-order chi connectivity index (χ0) is 23.2. The molecule has 0 saturated heterocycles. The van der Waals surface area contributed by atoms with Gasteiger partial charge in [-0.25, -0.2) is 0 Å². The number of hydrogen-bond acceptors (Lipinski definition) is 4. The van der Waals surface area contributed by atoms with Crippen molar-refractivity contribution >= 4 is 52.0 Å². The zero-order valence-corrected chi connectivity index (χ0v) is 20.3. The third kappa shape index (κ3) is 5.56. The van der Waals surface area contributed by atoms with Gasteiger partial charge in [0.15, 0.2) is 0 Å². The van der Waals surface area contributed by atoms with Crippen LogP contribution >= 0.6 is 23.1 Å². The zero-order valence-electron chi connectivity index (χ0n) is 18.7. The number of hydrogen-bond donors (Lipinski definition) is 1. The lowest BCUT2D eigenvalue weighted by Gasteiger charge is -2.26. The minimum atomic E-state index is -0.0826. The number of carbonyl (C=O) groups is 1. The first-order chi connectivity index (χ1) is 16.0. The van der Waals surface area contributed by atoms with E-state index >= 15 is 0 Å². The van der Waals surface area contributed by atoms with Crippen molar-refractivity contribution in [1.82, 2.24) is 0 Å². The highest BCUT2D eigenvalue weighted by atomic mass is 32.2. The molecule has 0 aliphatic carbocycles. The Labute approximate surface area is 203 Å². The van der Waals surface area contributed by atoms with Gasteiger partial charge in [0.2, 0.25) is 0 Å². The van der Waals surface area contributed by atoms with E-state index in [2.05, 4.69) is 49.6 Å². The van der Waals surface area contributed by atoms with Gasteiger partial charge >= 0.3 is 0 Å². The second-order valence-corrected chi connectivity index (χ2v) is 9.44. The van der Waals surface area contributed by atoms with E-state index in [1.54, 1.807) is 28.0 Å². The average Bonchev–Trinajstić information content (AvgIpc) is 3.37. The number of nitrogen functional groups attached to an aromatic ring is 1. The predicted octanol–water partition coefficient (Wildman–Crippen LogP) is 7.13. The monoisotopic (exact) mass is 470 g/mol. The lowest BCUT2D eigenvalue weighted by atomic mass is 10.0. The summed E-state index contributed by atoms with van der Waals surface area (Å²) in [6.45, 7) is 2.49. The topological polar surface area (TPSA) is 46.3 Å². The molecule has 1 heterocycles. The maximum absolute atomic E-state index is 14.1. The highest BCUT2D eigenvalue weighted by Gasteiger charge is 2.23. The maximum Gasteiger partial charge on any atom is 0.259 e. The molecule has 4 rings (SSSR count). The van der Waals surface area contributed by atoms with Crippen molar-refractivity contribution in [3.63, 3.8) is 0 Å². The van der Waals surface area contributed by atoms with Crippen molar-refractivity contribution < 1.29 is 4.79 Å². The first kappa shape index (κ1) is 22.9. The van der Waals surface area contributed by atoms with Crippen LogP contribution in [0.4, 0.5) is 11.4 Å². The van der Waals surface area contributed by atoms with Crippen molar-refractivity contribution in [2.75, 3.05) is 16.9 Å². The second kappa shape index (κ2) is 10.6. The van der Waals surface area contributed by atoms with E-state index < -0.39 is 0 Å². The van der Waals surface area contributed by atoms with Gasteiger partial charge in [-0.2, -0.15) is 11.3 Å². The molecule has 1 aromatic heterocycles. The Bertz CT molecular complexity index is 1240. The number of para-hydroxylation sites is 2. The molecule has 0 saturated carbocycles. The van der Waals surface area contributed by atoms with Crippen molar-refractivity contribution in [3.8, 4) is 0 Å². The molecule has 0 aliphatic heterocycles. The highest BCUT2D eigenvalue weighted by Crippen LogP contribution is 2.31. The van der Waals surface area contributed by atoms with Gasteiger partial charge in [0.1, 0.15) is 0 Å². The van der Waals surface area contributed by atoms with Crippen LogP contribution in [0.1, 0.15) is 22.3 Å². The normalized spacial score (nSPS) is 11.4. The lowest BCUT2D eigenvalue weighted by Crippen LogP contribution is -2.31. The number of benzene rings is 3. The van der Waals surface area contributed by atoms with E-state index in [1.807, 2.05) is 59.3 Å². The standard InChI is InChI=1S/C28H26N2OS2/c1-20-7-9-22(10-8-20)18-30(27-6-4-3-5-26(27)29)28(31)25(23-15-16-33-19-23)17-21-11-13-24(32-2)14-12-21/h3-17,19H,18,29H2,1-2H3. The molecule has 0 bridgehead atoms. The molecule has 4 aromatic rings. The number of aryl methyl sites for hydroxylation is 1. The fraction of sp³-hybridized carbons (Fsp3) is 0.107. The number of carbonyl (C=O) groups excluding carboxylic acids is 1. The maximum atomic E-state index is 14.1. The number of amides is 1. The number of thiophene rings is 1. The Kier molecular flexibility index (Phi) is 7.33. The molecule has 0 spiro atoms. The first-order valence-electron chi connectivity index (χ1n) is 10.7. The van der Waals surface area contributed by atoms with Crippen LogP contribution in [0.25, 0.3) is 11.6 Å². The molecule has 33 heavy (non-hydrogen) atoms. The lowest BCUT2D eigenvalue weighted by molar-refractivity contribution is -0.113. The molecule has 5 heteroatoms. The highest BCUT2D eigenvalue weighted by molar-refractivity contribution is 7.98. The second-order valence-electron chi connectivity index (χ2n) is 7.78. The summed E-state index contributed by atoms with van der Waals surface area (Å²) in [5, 5.41) is 4.01. The third-order valence-corrected chi connectivity index (χ3v) is 6.85. The molecular weight excluding hydrogens is 444 g/mol. The Balaban J connectivity index is 1.78. The number of nitrogens with zero attached hydrogens (tertiary/aromatic N) is 1. The summed E-state index contributed by atoms with van der Waals surface area (Å²) in [5.41, 5.74) is 12.4. The smallest absolute Gasteiger partial charge is 0.259 e. The van der Waals surface area contributed by atoms with E-state index in [-0.39, 0.29) is 5.91 Å². The molecule has 1 amide bonds. The van der Waals surface area contributed by atoms with E-state index in [0.717, 1.165) is 16.7 Å². The summed E-state index contributed by atoms with van der Waals surface area (Å²) in [7, 11) is 0. The number of thioether (sulfide) groups is 1. The van der Waals surface area contributed by atoms with Crippen LogP contribution in [-0.2, 0) is 11.3 Å². The molecule has 0 aliphatic rings. The van der Waals surface area contributed by atoms with Crippen molar-refractivity contribution in [2.45, 2.75) is 18.4 Å². The number of rotatable bonds is 7. The summed E-state index contributed by atoms with van der Waals surface area (Å²) in [6.07, 6.45) is 4.02. The van der Waals surface area contributed by atoms with Gasteiger partial charge in [0.25, 0.3) is 5.91 Å². The Morgan fingerprint density at radius 1 is 1.00 bits per heavy atom. The van der Waals surface area contributed by atoms with Gasteiger partial charge in [-0.3, -0.25) is 4.79 Å². The van der Waals surface area contributed by atoms with Crippen LogP contribution in [0.3, 0.4) is 0 Å². The van der Waals surface area contributed by atoms with Gasteiger partial charge in [0, 0.05) is 10.5 Å². The van der Waals surface area contributed by atoms with Gasteiger partial charge in [-0.05, 0) is 77.0 Å². The van der Waals surface area contributed by atoms with Gasteiger partial charge < -0.3 is 10.6 Å². The number of nitrogens with two attached hydrogens (primary N) is 1. The SMILES string of the molecule is CSc1ccc(C=C(C(=O)N(Cc2ccc(C)cc2)c2ccccc2N)c2ccsc2)cc1. The van der Waals surface area contributed by atoms with Gasteiger partial charge in [0.05, 0.1) is 17.9 Å². The van der Waals surface area contributed by atoms with Crippen LogP contribution in [0.15, 0.2) is 94.5 Å². The summed E-state index contributed by atoms with van der Waals surface area (Å²) in [4.78, 5) is 17.1. The summed E-state index contributed by atoms with van der Waals surface area (Å²) in [6, 6.07) is 26.0. The first-order valence-corrected chi connectivity index (χ1v) is 12.8. The molecule has 3 aromatic carbocycles. The minimum Gasteiger partial charge on any atom is -0.397 e. The van der Waals surface area contributed by atoms with Gasteiger partial charge in [-0.1, -0.05) is 54.1 Å². The van der Waals surface area contributed by atoms with E-state index in [4.69, 9.17) is 5.73 Å². The largest absolute Gasteiger partial charge is 0.397 e. The van der Waals surface area contributed by atoms with Crippen LogP contribution in [0.2, 0.25) is 0 Å². The Morgan fingerprint density at radius 3 is 2.36 bits per heavy atom. The van der Waals surface area contributed by atoms with Crippen molar-refractivity contribution in [2.24, 2.45) is 0 Å². The average molecular weight is 471 g/mol. The summed E-state index contributed by atoms with van der Waals surface area (Å²) < 4.78 is 0. The summed E-state index contributed by atoms with van der Waals surface area (Å²) in [5.74, 6) is -0.0826. The molecule has 3 nitrogen and oxygen atoms in total. The Morgan fingerprint density at radius 2 is 1.73 bits per heavy atom. The third-order valence-electron chi connectivity index (χ3n) is 5.42. The quantitative estimate of drug-likeness (QED) is 0.177. The van der Waals surface area contributed by atoms with Crippen molar-refractivity contribution in [1.29, 1.82) is 0 Å². The van der Waals surface area contributed by atoms with Crippen LogP contribution in [-0.4, -0.2) is 12.2 Å². The van der Waals surface area contributed by atoms with Crippen molar-refractivity contribution in [3.05, 3.63) is 112 Å². The summed E-state index contributed by atoms with van der Waals surface area (Å²) >= 11 is 3.28.